The number of fused-ring (bicyclic) bond motifs is 1. The van der Waals surface area contributed by atoms with E-state index in [2.05, 4.69) is 10.2 Å². The number of rotatable bonds is 3. The van der Waals surface area contributed by atoms with Crippen molar-refractivity contribution >= 4 is 15.7 Å². The van der Waals surface area contributed by atoms with E-state index in [1.807, 2.05) is 31.2 Å². The number of hydrogen-bond donors (Lipinski definition) is 1. The van der Waals surface area contributed by atoms with Crippen LogP contribution in [0.4, 0.5) is 5.69 Å². The van der Waals surface area contributed by atoms with Gasteiger partial charge in [0.25, 0.3) is 15.6 Å². The predicted octanol–water partition coefficient (Wildman–Crippen LogP) is 2.89. The molecule has 1 atom stereocenters. The highest BCUT2D eigenvalue weighted by Crippen LogP contribution is 2.37. The number of aromatic nitrogens is 2. The van der Waals surface area contributed by atoms with E-state index in [-0.39, 0.29) is 16.5 Å². The van der Waals surface area contributed by atoms with Crippen molar-refractivity contribution in [1.29, 1.82) is 0 Å². The number of benzene rings is 2. The van der Waals surface area contributed by atoms with Crippen LogP contribution in [0.5, 0.6) is 0 Å². The number of sulfonamides is 1. The lowest BCUT2D eigenvalue weighted by Crippen LogP contribution is -2.36. The van der Waals surface area contributed by atoms with E-state index in [1.54, 1.807) is 31.2 Å². The molecule has 1 N–H and O–H groups in total. The molecular formula is C20H19N3O3S. The molecule has 1 aliphatic rings. The summed E-state index contributed by atoms with van der Waals surface area (Å²) in [5, 5.41) is 6.38. The minimum atomic E-state index is -3.74. The number of nitrogens with zero attached hydrogens (tertiary/aromatic N) is 2. The first-order valence-electron chi connectivity index (χ1n) is 8.67. The molecule has 0 saturated heterocycles. The van der Waals surface area contributed by atoms with Gasteiger partial charge in [0.05, 0.1) is 16.3 Å². The maximum Gasteiger partial charge on any atom is 0.264 e. The van der Waals surface area contributed by atoms with E-state index < -0.39 is 10.0 Å². The predicted molar refractivity (Wildman–Crippen MR) is 104 cm³/mol. The number of nitrogens with one attached hydrogen (secondary N) is 1. The van der Waals surface area contributed by atoms with Crippen LogP contribution in [0.1, 0.15) is 18.1 Å². The Morgan fingerprint density at radius 3 is 2.63 bits per heavy atom. The minimum absolute atomic E-state index is 0.151. The fourth-order valence-corrected chi connectivity index (χ4v) is 5.50. The molecule has 27 heavy (non-hydrogen) atoms. The summed E-state index contributed by atoms with van der Waals surface area (Å²) in [5.41, 5.74) is 3.28. The van der Waals surface area contributed by atoms with Crippen molar-refractivity contribution in [2.75, 3.05) is 4.31 Å². The third-order valence-corrected chi connectivity index (χ3v) is 6.91. The fourth-order valence-electron chi connectivity index (χ4n) is 3.55. The maximum atomic E-state index is 13.5. The molecule has 138 valence electrons. The van der Waals surface area contributed by atoms with E-state index in [1.165, 1.54) is 10.4 Å². The molecule has 1 aromatic heterocycles. The summed E-state index contributed by atoms with van der Waals surface area (Å²) in [7, 11) is -3.74. The zero-order chi connectivity index (χ0) is 19.2. The molecule has 0 saturated carbocycles. The average Bonchev–Trinajstić information content (AvgIpc) is 2.99. The van der Waals surface area contributed by atoms with Crippen molar-refractivity contribution < 1.29 is 8.42 Å². The standard InChI is InChI=1S/C20H19N3O3S/c1-13-7-8-15(17-9-10-20(24)22-21-17)12-19(13)27(25,26)23-14(2)11-16-5-3-4-6-18(16)23/h3-10,12,14H,11H2,1-2H3,(H,22,24). The van der Waals surface area contributed by atoms with E-state index >= 15 is 0 Å². The zero-order valence-corrected chi connectivity index (χ0v) is 15.8. The molecule has 7 heteroatoms. The molecule has 2 heterocycles. The summed E-state index contributed by atoms with van der Waals surface area (Å²) < 4.78 is 28.5. The zero-order valence-electron chi connectivity index (χ0n) is 15.0. The smallest absolute Gasteiger partial charge is 0.264 e. The second-order valence-corrected chi connectivity index (χ2v) is 8.55. The molecule has 0 amide bonds. The van der Waals surface area contributed by atoms with Gasteiger partial charge in [0.2, 0.25) is 0 Å². The first kappa shape index (κ1) is 17.5. The molecule has 1 aliphatic heterocycles. The first-order valence-corrected chi connectivity index (χ1v) is 10.1. The van der Waals surface area contributed by atoms with Gasteiger partial charge in [-0.25, -0.2) is 13.5 Å². The summed E-state index contributed by atoms with van der Waals surface area (Å²) in [6, 6.07) is 15.6. The quantitative estimate of drug-likeness (QED) is 0.756. The molecular weight excluding hydrogens is 362 g/mol. The first-order chi connectivity index (χ1) is 12.9. The van der Waals surface area contributed by atoms with Gasteiger partial charge in [-0.2, -0.15) is 5.10 Å². The van der Waals surface area contributed by atoms with E-state index in [9.17, 15) is 13.2 Å². The third kappa shape index (κ3) is 2.94. The molecule has 0 radical (unpaired) electrons. The summed E-state index contributed by atoms with van der Waals surface area (Å²) in [4.78, 5) is 11.5. The van der Waals surface area contributed by atoms with Gasteiger partial charge in [-0.3, -0.25) is 9.10 Å². The lowest BCUT2D eigenvalue weighted by atomic mass is 10.1. The fraction of sp³-hybridized carbons (Fsp3) is 0.200. The van der Waals surface area contributed by atoms with Crippen LogP contribution >= 0.6 is 0 Å². The van der Waals surface area contributed by atoms with Gasteiger partial charge in [-0.05, 0) is 49.6 Å². The van der Waals surface area contributed by atoms with Gasteiger partial charge in [0, 0.05) is 17.7 Å². The van der Waals surface area contributed by atoms with Gasteiger partial charge in [0.1, 0.15) is 0 Å². The van der Waals surface area contributed by atoms with Gasteiger partial charge >= 0.3 is 0 Å². The Bertz CT molecular complexity index is 1160. The van der Waals surface area contributed by atoms with Crippen LogP contribution < -0.4 is 9.86 Å². The van der Waals surface area contributed by atoms with Crippen molar-refractivity contribution in [2.45, 2.75) is 31.2 Å². The van der Waals surface area contributed by atoms with E-state index in [4.69, 9.17) is 0 Å². The van der Waals surface area contributed by atoms with E-state index in [0.29, 0.717) is 23.2 Å². The topological polar surface area (TPSA) is 83.1 Å². The Kier molecular flexibility index (Phi) is 4.11. The Hall–Kier alpha value is -2.93. The molecule has 2 aromatic carbocycles. The summed E-state index contributed by atoms with van der Waals surface area (Å²) in [6.45, 7) is 3.70. The average molecular weight is 381 g/mol. The van der Waals surface area contributed by atoms with Crippen molar-refractivity contribution in [3.63, 3.8) is 0 Å². The Labute approximate surface area is 157 Å². The molecule has 0 aliphatic carbocycles. The lowest BCUT2D eigenvalue weighted by molar-refractivity contribution is 0.583. The number of aryl methyl sites for hydroxylation is 1. The highest BCUT2D eigenvalue weighted by molar-refractivity contribution is 7.93. The molecule has 3 aromatic rings. The molecule has 4 rings (SSSR count). The Morgan fingerprint density at radius 1 is 1.11 bits per heavy atom. The number of para-hydroxylation sites is 1. The van der Waals surface area contributed by atoms with Gasteiger partial charge in [0.15, 0.2) is 0 Å². The summed E-state index contributed by atoms with van der Waals surface area (Å²) >= 11 is 0. The summed E-state index contributed by atoms with van der Waals surface area (Å²) in [5.74, 6) is 0. The lowest BCUT2D eigenvalue weighted by Gasteiger charge is -2.25. The van der Waals surface area contributed by atoms with Crippen LogP contribution in [0.3, 0.4) is 0 Å². The van der Waals surface area contributed by atoms with Crippen molar-refractivity contribution in [1.82, 2.24) is 10.2 Å². The third-order valence-electron chi connectivity index (χ3n) is 4.84. The van der Waals surface area contributed by atoms with Crippen LogP contribution in [0.25, 0.3) is 11.3 Å². The van der Waals surface area contributed by atoms with Crippen LogP contribution in [0, 0.1) is 6.92 Å². The maximum absolute atomic E-state index is 13.5. The second kappa shape index (κ2) is 6.35. The van der Waals surface area contributed by atoms with Crippen LogP contribution in [-0.2, 0) is 16.4 Å². The van der Waals surface area contributed by atoms with Crippen molar-refractivity contribution in [3.05, 3.63) is 76.1 Å². The van der Waals surface area contributed by atoms with Gasteiger partial charge in [-0.1, -0.05) is 30.3 Å². The van der Waals surface area contributed by atoms with Crippen molar-refractivity contribution in [2.24, 2.45) is 0 Å². The minimum Gasteiger partial charge on any atom is -0.268 e. The molecule has 1 unspecified atom stereocenters. The second-order valence-electron chi connectivity index (χ2n) is 6.77. The Morgan fingerprint density at radius 2 is 1.89 bits per heavy atom. The van der Waals surface area contributed by atoms with Gasteiger partial charge < -0.3 is 0 Å². The SMILES string of the molecule is Cc1ccc(-c2ccc(=O)[nH]n2)cc1S(=O)(=O)N1c2ccccc2CC1C. The Balaban J connectivity index is 1.84. The largest absolute Gasteiger partial charge is 0.268 e. The molecule has 0 fully saturated rings. The monoisotopic (exact) mass is 381 g/mol. The van der Waals surface area contributed by atoms with Crippen molar-refractivity contribution in [3.8, 4) is 11.3 Å². The van der Waals surface area contributed by atoms with Gasteiger partial charge in [-0.15, -0.1) is 0 Å². The van der Waals surface area contributed by atoms with Crippen LogP contribution in [-0.4, -0.2) is 24.7 Å². The number of H-pyrrole nitrogens is 1. The number of hydrogen-bond acceptors (Lipinski definition) is 4. The summed E-state index contributed by atoms with van der Waals surface area (Å²) in [6.07, 6.45) is 0.690. The van der Waals surface area contributed by atoms with E-state index in [0.717, 1.165) is 11.3 Å². The number of aromatic amines is 1. The van der Waals surface area contributed by atoms with Crippen LogP contribution in [0.15, 0.2) is 64.3 Å². The molecule has 0 spiro atoms. The molecule has 6 nitrogen and oxygen atoms in total. The highest BCUT2D eigenvalue weighted by Gasteiger charge is 2.36. The highest BCUT2D eigenvalue weighted by atomic mass is 32.2. The normalized spacial score (nSPS) is 16.4. The number of anilines is 1. The van der Waals surface area contributed by atoms with Crippen LogP contribution in [0.2, 0.25) is 0 Å². The molecule has 0 bridgehead atoms.